The number of guanidine groups is 1. The van der Waals surface area contributed by atoms with Crippen molar-refractivity contribution in [1.29, 1.82) is 0 Å². The number of rotatable bonds is 9. The summed E-state index contributed by atoms with van der Waals surface area (Å²) in [5.74, 6) is 3.72. The Kier molecular flexibility index (Phi) is 8.80. The van der Waals surface area contributed by atoms with E-state index in [2.05, 4.69) is 27.9 Å². The van der Waals surface area contributed by atoms with Gasteiger partial charge in [0.1, 0.15) is 11.5 Å². The number of nitrogens with zero attached hydrogens (tertiary/aromatic N) is 1. The highest BCUT2D eigenvalue weighted by molar-refractivity contribution is 7.98. The Morgan fingerprint density at radius 2 is 2.08 bits per heavy atom. The molecule has 0 atom stereocenters. The van der Waals surface area contributed by atoms with Gasteiger partial charge in [0.05, 0.1) is 13.2 Å². The van der Waals surface area contributed by atoms with E-state index in [9.17, 15) is 0 Å². The average molecular weight is 366 g/mol. The van der Waals surface area contributed by atoms with Crippen molar-refractivity contribution in [2.24, 2.45) is 4.99 Å². The van der Waals surface area contributed by atoms with E-state index in [-0.39, 0.29) is 0 Å². The normalized spacial score (nSPS) is 15.2. The van der Waals surface area contributed by atoms with E-state index in [4.69, 9.17) is 9.47 Å². The third-order valence-corrected chi connectivity index (χ3v) is 5.05. The Labute approximate surface area is 156 Å². The van der Waals surface area contributed by atoms with Crippen LogP contribution in [0.3, 0.4) is 0 Å². The quantitative estimate of drug-likeness (QED) is 0.399. The predicted octanol–water partition coefficient (Wildman–Crippen LogP) is 3.43. The van der Waals surface area contributed by atoms with E-state index in [0.717, 1.165) is 54.6 Å². The van der Waals surface area contributed by atoms with Crippen molar-refractivity contribution in [2.45, 2.75) is 44.8 Å². The molecule has 1 aromatic rings. The molecule has 1 aromatic carbocycles. The summed E-state index contributed by atoms with van der Waals surface area (Å²) >= 11 is 1.86. The van der Waals surface area contributed by atoms with E-state index < -0.39 is 0 Å². The molecular formula is C19H31N3O2S. The summed E-state index contributed by atoms with van der Waals surface area (Å²) in [4.78, 5) is 4.29. The fraction of sp³-hybridized carbons (Fsp3) is 0.632. The Balaban J connectivity index is 1.94. The van der Waals surface area contributed by atoms with Crippen LogP contribution in [-0.4, -0.2) is 44.8 Å². The molecule has 0 unspecified atom stereocenters. The fourth-order valence-electron chi connectivity index (χ4n) is 2.93. The lowest BCUT2D eigenvalue weighted by molar-refractivity contribution is 0.207. The van der Waals surface area contributed by atoms with Crippen molar-refractivity contribution in [3.8, 4) is 11.5 Å². The highest BCUT2D eigenvalue weighted by Gasteiger charge is 2.18. The fourth-order valence-corrected chi connectivity index (χ4v) is 3.36. The molecular weight excluding hydrogens is 334 g/mol. The van der Waals surface area contributed by atoms with Crippen molar-refractivity contribution in [2.75, 3.05) is 32.7 Å². The topological polar surface area (TPSA) is 54.9 Å². The minimum Gasteiger partial charge on any atom is -0.497 e. The molecule has 0 amide bonds. The lowest BCUT2D eigenvalue weighted by Crippen LogP contribution is -2.37. The highest BCUT2D eigenvalue weighted by atomic mass is 32.2. The van der Waals surface area contributed by atoms with Gasteiger partial charge in [-0.3, -0.25) is 4.99 Å². The largest absolute Gasteiger partial charge is 0.497 e. The smallest absolute Gasteiger partial charge is 0.191 e. The highest BCUT2D eigenvalue weighted by Crippen LogP contribution is 2.29. The number of aliphatic imine (C=N–C) groups is 1. The van der Waals surface area contributed by atoms with Crippen LogP contribution in [0, 0.1) is 0 Å². The molecule has 0 spiro atoms. The molecule has 6 heteroatoms. The maximum atomic E-state index is 6.24. The Bertz CT molecular complexity index is 545. The zero-order valence-corrected chi connectivity index (χ0v) is 16.5. The van der Waals surface area contributed by atoms with Gasteiger partial charge in [0.15, 0.2) is 5.96 Å². The molecule has 1 fully saturated rings. The second kappa shape index (κ2) is 11.1. The number of benzene rings is 1. The summed E-state index contributed by atoms with van der Waals surface area (Å²) in [7, 11) is 3.49. The van der Waals surface area contributed by atoms with E-state index in [0.29, 0.717) is 12.6 Å². The Morgan fingerprint density at radius 1 is 1.28 bits per heavy atom. The SMILES string of the molecule is CN=C(NCCCSC)NCc1ccc(OC)cc1OC1CCCC1. The molecule has 5 nitrogen and oxygen atoms in total. The number of thioether (sulfide) groups is 1. The molecule has 1 aliphatic carbocycles. The van der Waals surface area contributed by atoms with Crippen LogP contribution in [0.25, 0.3) is 0 Å². The van der Waals surface area contributed by atoms with E-state index in [1.165, 1.54) is 12.8 Å². The van der Waals surface area contributed by atoms with Gasteiger partial charge in [-0.05, 0) is 56.2 Å². The van der Waals surface area contributed by atoms with Crippen LogP contribution < -0.4 is 20.1 Å². The van der Waals surface area contributed by atoms with Crippen LogP contribution in [0.4, 0.5) is 0 Å². The van der Waals surface area contributed by atoms with Crippen molar-refractivity contribution in [3.63, 3.8) is 0 Å². The molecule has 140 valence electrons. The number of nitrogens with one attached hydrogen (secondary N) is 2. The first kappa shape index (κ1) is 19.8. The Hall–Kier alpha value is -1.56. The summed E-state index contributed by atoms with van der Waals surface area (Å²) in [6.45, 7) is 1.60. The summed E-state index contributed by atoms with van der Waals surface area (Å²) in [5, 5.41) is 6.73. The summed E-state index contributed by atoms with van der Waals surface area (Å²) in [6.07, 6.45) is 8.38. The van der Waals surface area contributed by atoms with Gasteiger partial charge in [0, 0.05) is 31.8 Å². The molecule has 0 aliphatic heterocycles. The van der Waals surface area contributed by atoms with Crippen molar-refractivity contribution in [3.05, 3.63) is 23.8 Å². The summed E-state index contributed by atoms with van der Waals surface area (Å²) in [6, 6.07) is 6.04. The summed E-state index contributed by atoms with van der Waals surface area (Å²) in [5.41, 5.74) is 1.12. The van der Waals surface area contributed by atoms with Crippen LogP contribution in [0.5, 0.6) is 11.5 Å². The number of hydrogen-bond acceptors (Lipinski definition) is 4. The first-order chi connectivity index (χ1) is 12.3. The third-order valence-electron chi connectivity index (χ3n) is 4.36. The zero-order chi connectivity index (χ0) is 17.9. The molecule has 1 aliphatic rings. The first-order valence-corrected chi connectivity index (χ1v) is 10.4. The minimum absolute atomic E-state index is 0.329. The first-order valence-electron chi connectivity index (χ1n) is 9.04. The van der Waals surface area contributed by atoms with Gasteiger partial charge in [-0.25, -0.2) is 0 Å². The molecule has 25 heavy (non-hydrogen) atoms. The molecule has 1 saturated carbocycles. The van der Waals surface area contributed by atoms with Gasteiger partial charge in [-0.2, -0.15) is 11.8 Å². The molecule has 0 bridgehead atoms. The summed E-state index contributed by atoms with van der Waals surface area (Å²) < 4.78 is 11.6. The predicted molar refractivity (Wildman–Crippen MR) is 107 cm³/mol. The third kappa shape index (κ3) is 6.69. The Morgan fingerprint density at radius 3 is 2.76 bits per heavy atom. The second-order valence-electron chi connectivity index (χ2n) is 6.20. The maximum absolute atomic E-state index is 6.24. The van der Waals surface area contributed by atoms with Crippen molar-refractivity contribution in [1.82, 2.24) is 10.6 Å². The van der Waals surface area contributed by atoms with Crippen LogP contribution in [0.1, 0.15) is 37.7 Å². The maximum Gasteiger partial charge on any atom is 0.191 e. The van der Waals surface area contributed by atoms with Crippen LogP contribution >= 0.6 is 11.8 Å². The van der Waals surface area contributed by atoms with Gasteiger partial charge < -0.3 is 20.1 Å². The second-order valence-corrected chi connectivity index (χ2v) is 7.18. The van der Waals surface area contributed by atoms with E-state index in [1.807, 2.05) is 23.9 Å². The molecule has 0 heterocycles. The molecule has 0 radical (unpaired) electrons. The van der Waals surface area contributed by atoms with Gasteiger partial charge in [0.2, 0.25) is 0 Å². The van der Waals surface area contributed by atoms with E-state index in [1.54, 1.807) is 14.2 Å². The lowest BCUT2D eigenvalue weighted by atomic mass is 10.2. The minimum atomic E-state index is 0.329. The molecule has 0 aromatic heterocycles. The molecule has 2 rings (SSSR count). The van der Waals surface area contributed by atoms with Gasteiger partial charge in [-0.15, -0.1) is 0 Å². The van der Waals surface area contributed by atoms with Gasteiger partial charge >= 0.3 is 0 Å². The number of hydrogen-bond donors (Lipinski definition) is 2. The van der Waals surface area contributed by atoms with Crippen LogP contribution in [-0.2, 0) is 6.54 Å². The zero-order valence-electron chi connectivity index (χ0n) is 15.6. The molecule has 0 saturated heterocycles. The lowest BCUT2D eigenvalue weighted by Gasteiger charge is -2.18. The van der Waals surface area contributed by atoms with Crippen molar-refractivity contribution < 1.29 is 9.47 Å². The monoisotopic (exact) mass is 365 g/mol. The average Bonchev–Trinajstić information content (AvgIpc) is 3.15. The number of ether oxygens (including phenoxy) is 2. The van der Waals surface area contributed by atoms with Crippen LogP contribution in [0.15, 0.2) is 23.2 Å². The van der Waals surface area contributed by atoms with Crippen LogP contribution in [0.2, 0.25) is 0 Å². The van der Waals surface area contributed by atoms with Gasteiger partial charge in [-0.1, -0.05) is 0 Å². The van der Waals surface area contributed by atoms with Crippen molar-refractivity contribution >= 4 is 17.7 Å². The standard InChI is InChI=1S/C19H31N3O2S/c1-20-19(21-11-6-12-25-3)22-14-15-9-10-17(23-2)13-18(15)24-16-7-4-5-8-16/h9-10,13,16H,4-8,11-12,14H2,1-3H3,(H2,20,21,22). The number of methoxy groups -OCH3 is 1. The van der Waals surface area contributed by atoms with Gasteiger partial charge in [0.25, 0.3) is 0 Å². The molecule has 2 N–H and O–H groups in total. The van der Waals surface area contributed by atoms with E-state index >= 15 is 0 Å².